The number of nitro groups is 1. The molecular formula is C15H13BrN2O5. The average molecular weight is 381 g/mol. The van der Waals surface area contributed by atoms with E-state index in [4.69, 9.17) is 9.47 Å². The molecule has 7 nitrogen and oxygen atoms in total. The molecule has 0 spiro atoms. The molecule has 0 saturated carbocycles. The Morgan fingerprint density at radius 2 is 1.91 bits per heavy atom. The van der Waals surface area contributed by atoms with Gasteiger partial charge in [-0.2, -0.15) is 0 Å². The summed E-state index contributed by atoms with van der Waals surface area (Å²) < 4.78 is 10.5. The minimum atomic E-state index is -0.544. The van der Waals surface area contributed by atoms with Crippen molar-refractivity contribution >= 4 is 33.5 Å². The van der Waals surface area contributed by atoms with Crippen LogP contribution in [-0.2, 0) is 0 Å². The zero-order valence-corrected chi connectivity index (χ0v) is 13.9. The number of aliphatic imine (C=N–C) groups is 1. The number of nitro benzene ring substituents is 1. The second-order valence-electron chi connectivity index (χ2n) is 4.42. The van der Waals surface area contributed by atoms with E-state index in [2.05, 4.69) is 20.9 Å². The minimum absolute atomic E-state index is 0.125. The van der Waals surface area contributed by atoms with E-state index in [-0.39, 0.29) is 21.5 Å². The molecule has 8 heteroatoms. The Balaban J connectivity index is 2.38. The second kappa shape index (κ2) is 7.10. The summed E-state index contributed by atoms with van der Waals surface area (Å²) in [6.45, 7) is 0. The van der Waals surface area contributed by atoms with Crippen molar-refractivity contribution in [1.29, 1.82) is 0 Å². The quantitative estimate of drug-likeness (QED) is 0.483. The van der Waals surface area contributed by atoms with Crippen LogP contribution in [0, 0.1) is 10.1 Å². The molecule has 1 N–H and O–H groups in total. The summed E-state index contributed by atoms with van der Waals surface area (Å²) in [5, 5.41) is 20.8. The first-order valence-corrected chi connectivity index (χ1v) is 7.18. The Kier molecular flexibility index (Phi) is 5.17. The Bertz CT molecular complexity index is 777. The first-order chi connectivity index (χ1) is 11.0. The molecule has 120 valence electrons. The van der Waals surface area contributed by atoms with Crippen LogP contribution in [0.3, 0.4) is 0 Å². The predicted molar refractivity (Wildman–Crippen MR) is 89.3 cm³/mol. The highest BCUT2D eigenvalue weighted by Crippen LogP contribution is 2.33. The standard InChI is InChI=1S/C15H13BrN2O5/c1-22-13-4-3-10(6-14(13)23-2)17-8-9-5-11(18(20)21)7-12(16)15(9)19/h3-8,19H,1-2H3. The van der Waals surface area contributed by atoms with Crippen LogP contribution in [0.1, 0.15) is 5.56 Å². The number of rotatable bonds is 5. The smallest absolute Gasteiger partial charge is 0.271 e. The maximum Gasteiger partial charge on any atom is 0.271 e. The van der Waals surface area contributed by atoms with Crippen LogP contribution in [0.5, 0.6) is 17.2 Å². The van der Waals surface area contributed by atoms with Crippen LogP contribution in [-0.4, -0.2) is 30.5 Å². The number of halogens is 1. The molecule has 2 aromatic carbocycles. The summed E-state index contributed by atoms with van der Waals surface area (Å²) in [7, 11) is 3.04. The summed E-state index contributed by atoms with van der Waals surface area (Å²) in [6.07, 6.45) is 1.34. The van der Waals surface area contributed by atoms with E-state index in [0.717, 1.165) is 0 Å². The van der Waals surface area contributed by atoms with Crippen LogP contribution < -0.4 is 9.47 Å². The Hall–Kier alpha value is -2.61. The molecule has 0 aliphatic heterocycles. The number of phenolic OH excluding ortho intramolecular Hbond substituents is 1. The van der Waals surface area contributed by atoms with E-state index >= 15 is 0 Å². The molecule has 0 aliphatic rings. The summed E-state index contributed by atoms with van der Waals surface area (Å²) in [5.41, 5.74) is 0.619. The molecule has 0 aliphatic carbocycles. The lowest BCUT2D eigenvalue weighted by atomic mass is 10.2. The maximum atomic E-state index is 10.9. The van der Waals surface area contributed by atoms with Gasteiger partial charge < -0.3 is 14.6 Å². The zero-order valence-electron chi connectivity index (χ0n) is 12.3. The van der Waals surface area contributed by atoms with Crippen molar-refractivity contribution in [2.24, 2.45) is 4.99 Å². The zero-order chi connectivity index (χ0) is 17.0. The molecule has 0 radical (unpaired) electrons. The number of non-ortho nitro benzene ring substituents is 1. The van der Waals surface area contributed by atoms with Crippen molar-refractivity contribution in [3.05, 3.63) is 50.5 Å². The van der Waals surface area contributed by atoms with E-state index in [1.807, 2.05) is 0 Å². The number of methoxy groups -OCH3 is 2. The van der Waals surface area contributed by atoms with Crippen LogP contribution in [0.25, 0.3) is 0 Å². The van der Waals surface area contributed by atoms with Gasteiger partial charge in [0.15, 0.2) is 11.5 Å². The van der Waals surface area contributed by atoms with Gasteiger partial charge >= 0.3 is 0 Å². The fraction of sp³-hybridized carbons (Fsp3) is 0.133. The van der Waals surface area contributed by atoms with Crippen LogP contribution in [0.15, 0.2) is 39.8 Å². The maximum absolute atomic E-state index is 10.9. The van der Waals surface area contributed by atoms with Gasteiger partial charge in [-0.1, -0.05) is 0 Å². The van der Waals surface area contributed by atoms with Gasteiger partial charge in [0.1, 0.15) is 5.75 Å². The summed E-state index contributed by atoms with van der Waals surface area (Å²) >= 11 is 3.08. The fourth-order valence-electron chi connectivity index (χ4n) is 1.86. The third-order valence-corrected chi connectivity index (χ3v) is 3.61. The lowest BCUT2D eigenvalue weighted by Crippen LogP contribution is -1.92. The van der Waals surface area contributed by atoms with Crippen LogP contribution >= 0.6 is 15.9 Å². The van der Waals surface area contributed by atoms with Gasteiger partial charge in [0.05, 0.1) is 29.3 Å². The molecule has 0 saturated heterocycles. The molecule has 0 aromatic heterocycles. The molecule has 0 atom stereocenters. The highest BCUT2D eigenvalue weighted by molar-refractivity contribution is 9.10. The molecular weight excluding hydrogens is 368 g/mol. The first-order valence-electron chi connectivity index (χ1n) is 6.39. The third-order valence-electron chi connectivity index (χ3n) is 3.01. The third kappa shape index (κ3) is 3.78. The average Bonchev–Trinajstić information content (AvgIpc) is 2.55. The molecule has 0 unspecified atom stereocenters. The van der Waals surface area contributed by atoms with Gasteiger partial charge in [0.25, 0.3) is 5.69 Å². The van der Waals surface area contributed by atoms with Gasteiger partial charge in [-0.25, -0.2) is 0 Å². The first kappa shape index (κ1) is 16.8. The monoisotopic (exact) mass is 380 g/mol. The number of hydrogen-bond acceptors (Lipinski definition) is 6. The predicted octanol–water partition coefficient (Wildman–Crippen LogP) is 3.83. The minimum Gasteiger partial charge on any atom is -0.506 e. The number of ether oxygens (including phenoxy) is 2. The van der Waals surface area contributed by atoms with Gasteiger partial charge in [-0.15, -0.1) is 0 Å². The fourth-order valence-corrected chi connectivity index (χ4v) is 2.32. The SMILES string of the molecule is COc1ccc(N=Cc2cc([N+](=O)[O-])cc(Br)c2O)cc1OC. The van der Waals surface area contributed by atoms with E-state index in [9.17, 15) is 15.2 Å². The van der Waals surface area contributed by atoms with E-state index < -0.39 is 4.92 Å². The molecule has 2 aromatic rings. The largest absolute Gasteiger partial charge is 0.506 e. The number of nitrogens with zero attached hydrogens (tertiary/aromatic N) is 2. The lowest BCUT2D eigenvalue weighted by Gasteiger charge is -2.07. The van der Waals surface area contributed by atoms with E-state index in [1.165, 1.54) is 32.6 Å². The van der Waals surface area contributed by atoms with Crippen molar-refractivity contribution < 1.29 is 19.5 Å². The molecule has 0 heterocycles. The summed E-state index contributed by atoms with van der Waals surface area (Å²) in [5.74, 6) is 0.943. The van der Waals surface area contributed by atoms with Crippen LogP contribution in [0.4, 0.5) is 11.4 Å². The second-order valence-corrected chi connectivity index (χ2v) is 5.27. The molecule has 23 heavy (non-hydrogen) atoms. The van der Waals surface area contributed by atoms with Gasteiger partial charge in [0, 0.05) is 30.0 Å². The lowest BCUT2D eigenvalue weighted by molar-refractivity contribution is -0.385. The Labute approximate surface area is 140 Å². The molecule has 0 fully saturated rings. The summed E-state index contributed by atoms with van der Waals surface area (Å²) in [6, 6.07) is 7.50. The normalized spacial score (nSPS) is 10.7. The Morgan fingerprint density at radius 1 is 1.22 bits per heavy atom. The van der Waals surface area contributed by atoms with E-state index in [0.29, 0.717) is 17.2 Å². The number of phenols is 1. The van der Waals surface area contributed by atoms with Gasteiger partial charge in [-0.3, -0.25) is 15.1 Å². The van der Waals surface area contributed by atoms with Crippen molar-refractivity contribution in [1.82, 2.24) is 0 Å². The highest BCUT2D eigenvalue weighted by Gasteiger charge is 2.13. The van der Waals surface area contributed by atoms with Crippen molar-refractivity contribution in [2.45, 2.75) is 0 Å². The Morgan fingerprint density at radius 3 is 2.52 bits per heavy atom. The molecule has 2 rings (SSSR count). The topological polar surface area (TPSA) is 94.2 Å². The number of benzene rings is 2. The van der Waals surface area contributed by atoms with Gasteiger partial charge in [-0.05, 0) is 28.1 Å². The number of hydrogen-bond donors (Lipinski definition) is 1. The van der Waals surface area contributed by atoms with Gasteiger partial charge in [0.2, 0.25) is 0 Å². The van der Waals surface area contributed by atoms with E-state index in [1.54, 1.807) is 18.2 Å². The van der Waals surface area contributed by atoms with Crippen LogP contribution in [0.2, 0.25) is 0 Å². The van der Waals surface area contributed by atoms with Crippen molar-refractivity contribution in [3.8, 4) is 17.2 Å². The van der Waals surface area contributed by atoms with Crippen molar-refractivity contribution in [3.63, 3.8) is 0 Å². The molecule has 0 bridgehead atoms. The number of aromatic hydroxyl groups is 1. The van der Waals surface area contributed by atoms with Crippen molar-refractivity contribution in [2.75, 3.05) is 14.2 Å². The molecule has 0 amide bonds. The highest BCUT2D eigenvalue weighted by atomic mass is 79.9. The summed E-state index contributed by atoms with van der Waals surface area (Å²) in [4.78, 5) is 14.5.